The van der Waals surface area contributed by atoms with Gasteiger partial charge in [0, 0.05) is 25.8 Å². The molecule has 6 nitrogen and oxygen atoms in total. The van der Waals surface area contributed by atoms with Gasteiger partial charge >= 0.3 is 0 Å². The minimum atomic E-state index is -0.0427. The van der Waals surface area contributed by atoms with Gasteiger partial charge in [0.1, 0.15) is 5.75 Å². The third-order valence-electron chi connectivity index (χ3n) is 5.22. The minimum absolute atomic E-state index is 0.0427. The van der Waals surface area contributed by atoms with Crippen molar-refractivity contribution in [3.63, 3.8) is 0 Å². The van der Waals surface area contributed by atoms with Gasteiger partial charge < -0.3 is 14.4 Å². The lowest BCUT2D eigenvalue weighted by atomic mass is 10.1. The molecule has 2 aromatic rings. The zero-order chi connectivity index (χ0) is 21.1. The maximum atomic E-state index is 12.7. The molecular weight excluding hydrogens is 398 g/mol. The number of ether oxygens (including phenoxy) is 2. The number of morpholine rings is 1. The number of aryl methyl sites for hydroxylation is 1. The van der Waals surface area contributed by atoms with E-state index in [1.165, 1.54) is 17.4 Å². The van der Waals surface area contributed by atoms with E-state index in [0.717, 1.165) is 48.9 Å². The number of benzene rings is 2. The predicted octanol–water partition coefficient (Wildman–Crippen LogP) is 4.07. The number of hydrogen-bond acceptors (Lipinski definition) is 6. The second-order valence-corrected chi connectivity index (χ2v) is 8.22. The van der Waals surface area contributed by atoms with Crippen molar-refractivity contribution in [1.29, 1.82) is 0 Å². The van der Waals surface area contributed by atoms with Crippen LogP contribution < -0.4 is 9.64 Å². The average Bonchev–Trinajstić information content (AvgIpc) is 3.04. The van der Waals surface area contributed by atoms with Gasteiger partial charge in [-0.15, -0.1) is 0 Å². The van der Waals surface area contributed by atoms with E-state index in [2.05, 4.69) is 17.0 Å². The molecule has 2 aliphatic heterocycles. The van der Waals surface area contributed by atoms with Gasteiger partial charge in [-0.25, -0.2) is 4.99 Å². The number of rotatable bonds is 4. The number of amidine groups is 1. The summed E-state index contributed by atoms with van der Waals surface area (Å²) in [5.74, 6) is 0.763. The highest BCUT2D eigenvalue weighted by Crippen LogP contribution is 2.34. The molecule has 0 bridgehead atoms. The monoisotopic (exact) mass is 423 g/mol. The van der Waals surface area contributed by atoms with Crippen LogP contribution in [0, 0.1) is 6.92 Å². The Morgan fingerprint density at radius 3 is 2.53 bits per heavy atom. The lowest BCUT2D eigenvalue weighted by Gasteiger charge is -2.28. The summed E-state index contributed by atoms with van der Waals surface area (Å²) in [6.07, 6.45) is 1.92. The molecule has 4 rings (SSSR count). The SMILES string of the molecule is COc1ccc(/C=C2\SC(=Nc3ccc(N4CCOCC4)cc3)N(C)C2=O)c(C)c1. The number of anilines is 1. The van der Waals surface area contributed by atoms with Crippen molar-refractivity contribution < 1.29 is 14.3 Å². The summed E-state index contributed by atoms with van der Waals surface area (Å²) in [4.78, 5) is 22.0. The van der Waals surface area contributed by atoms with Crippen molar-refractivity contribution in [3.05, 3.63) is 58.5 Å². The van der Waals surface area contributed by atoms with E-state index < -0.39 is 0 Å². The van der Waals surface area contributed by atoms with E-state index in [1.54, 1.807) is 19.1 Å². The molecule has 30 heavy (non-hydrogen) atoms. The van der Waals surface area contributed by atoms with Crippen LogP contribution in [0.1, 0.15) is 11.1 Å². The number of hydrogen-bond donors (Lipinski definition) is 0. The van der Waals surface area contributed by atoms with E-state index in [-0.39, 0.29) is 5.91 Å². The van der Waals surface area contributed by atoms with E-state index >= 15 is 0 Å². The van der Waals surface area contributed by atoms with Crippen LogP contribution in [0.5, 0.6) is 5.75 Å². The molecule has 2 aromatic carbocycles. The maximum absolute atomic E-state index is 12.7. The van der Waals surface area contributed by atoms with Gasteiger partial charge in [-0.05, 0) is 72.3 Å². The lowest BCUT2D eigenvalue weighted by molar-refractivity contribution is -0.121. The summed E-state index contributed by atoms with van der Waals surface area (Å²) in [6.45, 7) is 5.33. The molecule has 0 unspecified atom stereocenters. The number of likely N-dealkylation sites (N-methyl/N-ethyl adjacent to an activating group) is 1. The van der Waals surface area contributed by atoms with Gasteiger partial charge in [-0.1, -0.05) is 6.07 Å². The zero-order valence-corrected chi connectivity index (χ0v) is 18.2. The number of aliphatic imine (C=N–C) groups is 1. The standard InChI is InChI=1S/C23H25N3O3S/c1-16-14-20(28-3)9-4-17(16)15-21-22(27)25(2)23(30-21)24-18-5-7-19(8-6-18)26-10-12-29-13-11-26/h4-9,14-15H,10-13H2,1-3H3/b21-15-,24-23?. The molecule has 2 heterocycles. The molecule has 0 spiro atoms. The highest BCUT2D eigenvalue weighted by atomic mass is 32.2. The summed E-state index contributed by atoms with van der Waals surface area (Å²) in [7, 11) is 3.41. The normalized spacial score (nSPS) is 19.8. The summed E-state index contributed by atoms with van der Waals surface area (Å²) >= 11 is 1.40. The predicted molar refractivity (Wildman–Crippen MR) is 123 cm³/mol. The van der Waals surface area contributed by atoms with Gasteiger partial charge in [0.15, 0.2) is 5.17 Å². The van der Waals surface area contributed by atoms with Gasteiger partial charge in [0.2, 0.25) is 0 Å². The molecule has 0 radical (unpaired) electrons. The molecular formula is C23H25N3O3S. The summed E-state index contributed by atoms with van der Waals surface area (Å²) in [6, 6.07) is 14.0. The second-order valence-electron chi connectivity index (χ2n) is 7.21. The van der Waals surface area contributed by atoms with Crippen LogP contribution >= 0.6 is 11.8 Å². The number of thioether (sulfide) groups is 1. The Bertz CT molecular complexity index is 995. The maximum Gasteiger partial charge on any atom is 0.266 e. The summed E-state index contributed by atoms with van der Waals surface area (Å²) in [5.41, 5.74) is 4.05. The van der Waals surface area contributed by atoms with Crippen molar-refractivity contribution in [2.45, 2.75) is 6.92 Å². The average molecular weight is 424 g/mol. The summed E-state index contributed by atoms with van der Waals surface area (Å²) < 4.78 is 10.7. The van der Waals surface area contributed by atoms with E-state index in [0.29, 0.717) is 10.1 Å². The number of methoxy groups -OCH3 is 1. The first-order valence-electron chi connectivity index (χ1n) is 9.89. The van der Waals surface area contributed by atoms with Gasteiger partial charge in [0.25, 0.3) is 5.91 Å². The second kappa shape index (κ2) is 8.93. The summed E-state index contributed by atoms with van der Waals surface area (Å²) in [5, 5.41) is 0.677. The Morgan fingerprint density at radius 1 is 1.13 bits per heavy atom. The first kappa shape index (κ1) is 20.5. The van der Waals surface area contributed by atoms with Crippen LogP contribution in [0.15, 0.2) is 52.4 Å². The molecule has 2 saturated heterocycles. The van der Waals surface area contributed by atoms with E-state index in [9.17, 15) is 4.79 Å². The van der Waals surface area contributed by atoms with Crippen molar-refractivity contribution in [3.8, 4) is 5.75 Å². The van der Waals surface area contributed by atoms with Crippen molar-refractivity contribution in [1.82, 2.24) is 4.90 Å². The quantitative estimate of drug-likeness (QED) is 0.694. The minimum Gasteiger partial charge on any atom is -0.497 e. The molecule has 0 N–H and O–H groups in total. The molecule has 0 atom stereocenters. The Balaban J connectivity index is 1.52. The largest absolute Gasteiger partial charge is 0.497 e. The smallest absolute Gasteiger partial charge is 0.266 e. The highest BCUT2D eigenvalue weighted by Gasteiger charge is 2.30. The van der Waals surface area contributed by atoms with Crippen molar-refractivity contribution >= 4 is 40.3 Å². The van der Waals surface area contributed by atoms with Crippen LogP contribution in [-0.4, -0.2) is 56.4 Å². The zero-order valence-electron chi connectivity index (χ0n) is 17.4. The lowest BCUT2D eigenvalue weighted by Crippen LogP contribution is -2.36. The first-order chi connectivity index (χ1) is 14.5. The Kier molecular flexibility index (Phi) is 6.11. The molecule has 0 aliphatic carbocycles. The van der Waals surface area contributed by atoms with Crippen molar-refractivity contribution in [2.24, 2.45) is 4.99 Å². The molecule has 1 amide bonds. The van der Waals surface area contributed by atoms with Crippen LogP contribution in [-0.2, 0) is 9.53 Å². The third-order valence-corrected chi connectivity index (χ3v) is 6.28. The Hall–Kier alpha value is -2.77. The first-order valence-corrected chi connectivity index (χ1v) is 10.7. The fourth-order valence-electron chi connectivity index (χ4n) is 3.40. The van der Waals surface area contributed by atoms with Crippen LogP contribution in [0.25, 0.3) is 6.08 Å². The van der Waals surface area contributed by atoms with Crippen LogP contribution in [0.4, 0.5) is 11.4 Å². The van der Waals surface area contributed by atoms with E-state index in [1.807, 2.05) is 43.3 Å². The Labute approximate surface area is 181 Å². The molecule has 156 valence electrons. The van der Waals surface area contributed by atoms with Crippen LogP contribution in [0.2, 0.25) is 0 Å². The number of carbonyl (C=O) groups excluding carboxylic acids is 1. The number of nitrogens with zero attached hydrogens (tertiary/aromatic N) is 3. The van der Waals surface area contributed by atoms with E-state index in [4.69, 9.17) is 14.5 Å². The number of carbonyl (C=O) groups is 1. The third kappa shape index (κ3) is 4.37. The fraction of sp³-hybridized carbons (Fsp3) is 0.304. The number of amides is 1. The molecule has 0 aromatic heterocycles. The Morgan fingerprint density at radius 2 is 1.87 bits per heavy atom. The molecule has 2 fully saturated rings. The topological polar surface area (TPSA) is 54.4 Å². The fourth-order valence-corrected chi connectivity index (χ4v) is 4.38. The highest BCUT2D eigenvalue weighted by molar-refractivity contribution is 8.18. The molecule has 0 saturated carbocycles. The molecule has 2 aliphatic rings. The molecule has 7 heteroatoms. The van der Waals surface area contributed by atoms with Gasteiger partial charge in [0.05, 0.1) is 30.9 Å². The van der Waals surface area contributed by atoms with Crippen LogP contribution in [0.3, 0.4) is 0 Å². The van der Waals surface area contributed by atoms with Gasteiger partial charge in [-0.3, -0.25) is 9.69 Å². The van der Waals surface area contributed by atoms with Crippen molar-refractivity contribution in [2.75, 3.05) is 45.4 Å². The van der Waals surface area contributed by atoms with Gasteiger partial charge in [-0.2, -0.15) is 0 Å².